The molecule has 2 aromatic rings. The number of piperidine rings is 1. The fourth-order valence-electron chi connectivity index (χ4n) is 4.54. The summed E-state index contributed by atoms with van der Waals surface area (Å²) in [5.41, 5.74) is 1.48. The van der Waals surface area contributed by atoms with Gasteiger partial charge >= 0.3 is 0 Å². The third-order valence-corrected chi connectivity index (χ3v) is 9.00. The minimum atomic E-state index is -3.76. The quantitative estimate of drug-likeness (QED) is 0.520. The zero-order valence-electron chi connectivity index (χ0n) is 19.1. The fourth-order valence-corrected chi connectivity index (χ4v) is 6.82. The molecule has 1 saturated carbocycles. The number of anilines is 1. The number of benzene rings is 1. The summed E-state index contributed by atoms with van der Waals surface area (Å²) in [6, 6.07) is 5.12. The molecule has 33 heavy (non-hydrogen) atoms. The first-order valence-corrected chi connectivity index (χ1v) is 13.8. The molecule has 1 aromatic carbocycles. The van der Waals surface area contributed by atoms with Crippen LogP contribution >= 0.6 is 11.3 Å². The van der Waals surface area contributed by atoms with Gasteiger partial charge in [-0.1, -0.05) is 24.2 Å². The van der Waals surface area contributed by atoms with Crippen LogP contribution in [-0.4, -0.2) is 46.1 Å². The molecular formula is C23H32N4O4S2. The average Bonchev–Trinajstić information content (AvgIpc) is 3.48. The molecule has 1 atom stereocenters. The lowest BCUT2D eigenvalue weighted by molar-refractivity contribution is -0.119. The standard InChI is InChI=1S/C23H32N4O4S2/c1-15-21(32-23(26-15)27-22(28)17-7-3-4-8-17)18-9-10-19(31-2)20(12-18)33(29,30)25-14-16-6-5-11-24-13-16/h9-10,12,16-17,24-25H,3-8,11,13-14H2,1-2H3,(H,26,27,28). The molecule has 1 amide bonds. The Balaban J connectivity index is 1.54. The van der Waals surface area contributed by atoms with Gasteiger partial charge in [-0.15, -0.1) is 0 Å². The van der Waals surface area contributed by atoms with E-state index >= 15 is 0 Å². The molecule has 2 aliphatic rings. The summed E-state index contributed by atoms with van der Waals surface area (Å²) in [5, 5.41) is 6.80. The van der Waals surface area contributed by atoms with Crippen LogP contribution in [0, 0.1) is 18.8 Å². The molecule has 3 N–H and O–H groups in total. The van der Waals surface area contributed by atoms with Gasteiger partial charge in [0.2, 0.25) is 15.9 Å². The number of sulfonamides is 1. The SMILES string of the molecule is COc1ccc(-c2sc(NC(=O)C3CCCC3)nc2C)cc1S(=O)(=O)NCC1CCCNC1. The number of aromatic nitrogens is 1. The van der Waals surface area contributed by atoms with Crippen LogP contribution in [0.1, 0.15) is 44.2 Å². The monoisotopic (exact) mass is 492 g/mol. The first-order valence-electron chi connectivity index (χ1n) is 11.5. The van der Waals surface area contributed by atoms with Crippen LogP contribution in [0.3, 0.4) is 0 Å². The highest BCUT2D eigenvalue weighted by molar-refractivity contribution is 7.89. The predicted molar refractivity (Wildman–Crippen MR) is 130 cm³/mol. The summed E-state index contributed by atoms with van der Waals surface area (Å²) in [6.07, 6.45) is 6.08. The molecule has 10 heteroatoms. The second-order valence-electron chi connectivity index (χ2n) is 8.83. The number of hydrogen-bond acceptors (Lipinski definition) is 7. The van der Waals surface area contributed by atoms with Gasteiger partial charge in [0, 0.05) is 12.5 Å². The number of hydrogen-bond donors (Lipinski definition) is 3. The third-order valence-electron chi connectivity index (χ3n) is 6.43. The van der Waals surface area contributed by atoms with Gasteiger partial charge in [-0.3, -0.25) is 4.79 Å². The van der Waals surface area contributed by atoms with Crippen molar-refractivity contribution in [2.75, 3.05) is 32.1 Å². The maximum absolute atomic E-state index is 13.1. The zero-order chi connectivity index (χ0) is 23.4. The number of nitrogens with one attached hydrogen (secondary N) is 3. The second kappa shape index (κ2) is 10.5. The van der Waals surface area contributed by atoms with Crippen LogP contribution in [0.2, 0.25) is 0 Å². The van der Waals surface area contributed by atoms with Crippen molar-refractivity contribution in [3.8, 4) is 16.2 Å². The van der Waals surface area contributed by atoms with Gasteiger partial charge in [0.1, 0.15) is 10.6 Å². The van der Waals surface area contributed by atoms with Crippen molar-refractivity contribution in [2.45, 2.75) is 50.3 Å². The Bertz CT molecular complexity index is 1090. The Labute approximate surface area is 199 Å². The number of carbonyl (C=O) groups is 1. The number of aryl methyl sites for hydroxylation is 1. The van der Waals surface area contributed by atoms with E-state index in [4.69, 9.17) is 4.74 Å². The van der Waals surface area contributed by atoms with Gasteiger partial charge in [0.05, 0.1) is 17.7 Å². The number of methoxy groups -OCH3 is 1. The van der Waals surface area contributed by atoms with Crippen LogP contribution in [0.15, 0.2) is 23.1 Å². The number of ether oxygens (including phenoxy) is 1. The lowest BCUT2D eigenvalue weighted by atomic mass is 10.0. The average molecular weight is 493 g/mol. The van der Waals surface area contributed by atoms with Gasteiger partial charge in [0.15, 0.2) is 5.13 Å². The topological polar surface area (TPSA) is 109 Å². The van der Waals surface area contributed by atoms with E-state index in [1.54, 1.807) is 12.1 Å². The predicted octanol–water partition coefficient (Wildman–Crippen LogP) is 3.53. The van der Waals surface area contributed by atoms with E-state index in [0.29, 0.717) is 17.4 Å². The normalized spacial score (nSPS) is 19.5. The summed E-state index contributed by atoms with van der Waals surface area (Å²) in [4.78, 5) is 17.9. The van der Waals surface area contributed by atoms with Gasteiger partial charge in [0.25, 0.3) is 0 Å². The van der Waals surface area contributed by atoms with Crippen molar-refractivity contribution in [2.24, 2.45) is 11.8 Å². The van der Waals surface area contributed by atoms with E-state index in [0.717, 1.165) is 67.7 Å². The highest BCUT2D eigenvalue weighted by atomic mass is 32.2. The fraction of sp³-hybridized carbons (Fsp3) is 0.565. The molecule has 0 bridgehead atoms. The van der Waals surface area contributed by atoms with Crippen LogP contribution in [0.5, 0.6) is 5.75 Å². The highest BCUT2D eigenvalue weighted by Crippen LogP contribution is 2.37. The van der Waals surface area contributed by atoms with Crippen molar-refractivity contribution in [1.29, 1.82) is 0 Å². The van der Waals surface area contributed by atoms with Crippen LogP contribution in [-0.2, 0) is 14.8 Å². The van der Waals surface area contributed by atoms with Gasteiger partial charge in [-0.25, -0.2) is 18.1 Å². The first kappa shape index (κ1) is 24.1. The van der Waals surface area contributed by atoms with Gasteiger partial charge < -0.3 is 15.4 Å². The molecule has 180 valence electrons. The molecule has 1 aliphatic heterocycles. The van der Waals surface area contributed by atoms with E-state index in [2.05, 4.69) is 20.3 Å². The third kappa shape index (κ3) is 5.74. The summed E-state index contributed by atoms with van der Waals surface area (Å²) >= 11 is 1.36. The van der Waals surface area contributed by atoms with Gasteiger partial charge in [-0.2, -0.15) is 0 Å². The highest BCUT2D eigenvalue weighted by Gasteiger charge is 2.25. The Morgan fingerprint density at radius 1 is 1.24 bits per heavy atom. The maximum Gasteiger partial charge on any atom is 0.244 e. The molecule has 1 aromatic heterocycles. The molecule has 8 nitrogen and oxygen atoms in total. The Kier molecular flexibility index (Phi) is 7.68. The van der Waals surface area contributed by atoms with Crippen LogP contribution < -0.4 is 20.1 Å². The molecule has 4 rings (SSSR count). The minimum Gasteiger partial charge on any atom is -0.495 e. The smallest absolute Gasteiger partial charge is 0.244 e. The van der Waals surface area contributed by atoms with Crippen LogP contribution in [0.25, 0.3) is 10.4 Å². The van der Waals surface area contributed by atoms with E-state index in [9.17, 15) is 13.2 Å². The summed E-state index contributed by atoms with van der Waals surface area (Å²) in [6.45, 7) is 4.05. The number of amides is 1. The van der Waals surface area contributed by atoms with Crippen molar-refractivity contribution < 1.29 is 17.9 Å². The second-order valence-corrected chi connectivity index (χ2v) is 11.6. The molecular weight excluding hydrogens is 460 g/mol. The van der Waals surface area contributed by atoms with Gasteiger partial charge in [-0.05, 0) is 75.4 Å². The van der Waals surface area contributed by atoms with E-state index < -0.39 is 10.0 Å². The lowest BCUT2D eigenvalue weighted by Gasteiger charge is -2.23. The van der Waals surface area contributed by atoms with E-state index in [1.807, 2.05) is 13.0 Å². The molecule has 2 fully saturated rings. The molecule has 0 spiro atoms. The van der Waals surface area contributed by atoms with Crippen molar-refractivity contribution in [3.05, 3.63) is 23.9 Å². The maximum atomic E-state index is 13.1. The first-order chi connectivity index (χ1) is 15.9. The number of rotatable bonds is 8. The molecule has 1 saturated heterocycles. The number of thiazole rings is 1. The van der Waals surface area contributed by atoms with E-state index in [-0.39, 0.29) is 22.6 Å². The van der Waals surface area contributed by atoms with Crippen LogP contribution in [0.4, 0.5) is 5.13 Å². The number of nitrogens with zero attached hydrogens (tertiary/aromatic N) is 1. The van der Waals surface area contributed by atoms with Crippen molar-refractivity contribution in [1.82, 2.24) is 15.0 Å². The Morgan fingerprint density at radius 2 is 2.03 bits per heavy atom. The zero-order valence-corrected chi connectivity index (χ0v) is 20.8. The van der Waals surface area contributed by atoms with E-state index in [1.165, 1.54) is 18.4 Å². The number of carbonyl (C=O) groups excluding carboxylic acids is 1. The molecule has 2 heterocycles. The Hall–Kier alpha value is -2.01. The molecule has 1 unspecified atom stereocenters. The molecule has 0 radical (unpaired) electrons. The summed E-state index contributed by atoms with van der Waals surface area (Å²) in [7, 11) is -2.29. The van der Waals surface area contributed by atoms with Crippen molar-refractivity contribution >= 4 is 32.4 Å². The minimum absolute atomic E-state index is 0.0206. The lowest BCUT2D eigenvalue weighted by Crippen LogP contribution is -2.38. The summed E-state index contributed by atoms with van der Waals surface area (Å²) in [5.74, 6) is 0.649. The van der Waals surface area contributed by atoms with Crippen molar-refractivity contribution in [3.63, 3.8) is 0 Å². The summed E-state index contributed by atoms with van der Waals surface area (Å²) < 4.78 is 34.4. The largest absolute Gasteiger partial charge is 0.495 e. The Morgan fingerprint density at radius 3 is 2.73 bits per heavy atom. The molecule has 1 aliphatic carbocycles.